The van der Waals surface area contributed by atoms with Crippen molar-refractivity contribution in [3.8, 4) is 0 Å². The van der Waals surface area contributed by atoms with Crippen LogP contribution >= 0.6 is 0 Å². The van der Waals surface area contributed by atoms with Gasteiger partial charge in [0, 0.05) is 0 Å². The highest BCUT2D eigenvalue weighted by Crippen LogP contribution is 2.70. The first-order chi connectivity index (χ1) is 9.38. The highest BCUT2D eigenvalue weighted by atomic mass is 28.3. The molecule has 20 heavy (non-hydrogen) atoms. The van der Waals surface area contributed by atoms with Crippen LogP contribution in [-0.4, -0.2) is 25.0 Å². The Morgan fingerprint density at radius 2 is 1.90 bits per heavy atom. The maximum Gasteiger partial charge on any atom is 0.257 e. The van der Waals surface area contributed by atoms with E-state index in [1.807, 2.05) is 30.3 Å². The fourth-order valence-corrected chi connectivity index (χ4v) is 5.93. The van der Waals surface area contributed by atoms with Crippen LogP contribution in [0.2, 0.25) is 24.7 Å². The zero-order valence-corrected chi connectivity index (χ0v) is 13.1. The normalized spacial score (nSPS) is 28.8. The van der Waals surface area contributed by atoms with Crippen molar-refractivity contribution in [1.29, 1.82) is 0 Å². The van der Waals surface area contributed by atoms with Gasteiger partial charge >= 0.3 is 0 Å². The number of benzene rings is 1. The van der Waals surface area contributed by atoms with Crippen molar-refractivity contribution in [2.45, 2.75) is 37.7 Å². The second-order valence-electron chi connectivity index (χ2n) is 6.67. The van der Waals surface area contributed by atoms with Crippen molar-refractivity contribution in [2.75, 3.05) is 0 Å². The van der Waals surface area contributed by atoms with E-state index >= 15 is 0 Å². The first-order valence-electron chi connectivity index (χ1n) is 6.93. The van der Waals surface area contributed by atoms with Crippen molar-refractivity contribution < 1.29 is 14.4 Å². The largest absolute Gasteiger partial charge is 0.272 e. The van der Waals surface area contributed by atoms with Crippen LogP contribution in [0.15, 0.2) is 30.3 Å². The van der Waals surface area contributed by atoms with Crippen molar-refractivity contribution in [3.63, 3.8) is 0 Å². The van der Waals surface area contributed by atoms with E-state index in [1.54, 1.807) is 0 Å². The SMILES string of the molecule is C[Si](C)(C)[C@]12C[C@H]1C(=O)N(OCc1ccccc1)C2=O. The lowest BCUT2D eigenvalue weighted by Crippen LogP contribution is -2.41. The number of imide groups is 1. The van der Waals surface area contributed by atoms with Crippen LogP contribution in [0.3, 0.4) is 0 Å². The standard InChI is InChI=1S/C15H19NO3Si/c1-20(2,3)15-9-12(15)13(17)16(14(15)18)19-10-11-7-5-4-6-8-11/h4-8,12H,9-10H2,1-3H3/t12-,15+/m0/s1. The molecular weight excluding hydrogens is 270 g/mol. The average molecular weight is 289 g/mol. The molecule has 106 valence electrons. The quantitative estimate of drug-likeness (QED) is 0.632. The number of piperidine rings is 1. The molecular formula is C15H19NO3Si. The maximum absolute atomic E-state index is 12.6. The van der Waals surface area contributed by atoms with Crippen LogP contribution in [0.5, 0.6) is 0 Å². The van der Waals surface area contributed by atoms with Gasteiger partial charge in [0.15, 0.2) is 0 Å². The fraction of sp³-hybridized carbons (Fsp3) is 0.467. The minimum Gasteiger partial charge on any atom is -0.272 e. The van der Waals surface area contributed by atoms with E-state index in [0.717, 1.165) is 17.0 Å². The summed E-state index contributed by atoms with van der Waals surface area (Å²) in [5, 5.41) is 0.625. The number of nitrogens with zero attached hydrogens (tertiary/aromatic N) is 1. The molecule has 1 saturated heterocycles. The first kappa shape index (κ1) is 13.5. The summed E-state index contributed by atoms with van der Waals surface area (Å²) in [6.45, 7) is 6.71. The van der Waals surface area contributed by atoms with Gasteiger partial charge in [0.25, 0.3) is 11.8 Å². The van der Waals surface area contributed by atoms with Crippen LogP contribution in [0.4, 0.5) is 0 Å². The van der Waals surface area contributed by atoms with Crippen molar-refractivity contribution in [3.05, 3.63) is 35.9 Å². The smallest absolute Gasteiger partial charge is 0.257 e. The Morgan fingerprint density at radius 1 is 1.25 bits per heavy atom. The van der Waals surface area contributed by atoms with E-state index in [-0.39, 0.29) is 24.3 Å². The lowest BCUT2D eigenvalue weighted by atomic mass is 10.2. The molecule has 0 spiro atoms. The Kier molecular flexibility index (Phi) is 2.88. The van der Waals surface area contributed by atoms with E-state index in [9.17, 15) is 9.59 Å². The fourth-order valence-electron chi connectivity index (χ4n) is 3.21. The van der Waals surface area contributed by atoms with Gasteiger partial charge in [0.2, 0.25) is 0 Å². The molecule has 1 aliphatic heterocycles. The molecule has 0 radical (unpaired) electrons. The van der Waals surface area contributed by atoms with Gasteiger partial charge in [-0.1, -0.05) is 50.0 Å². The molecule has 4 nitrogen and oxygen atoms in total. The molecule has 0 bridgehead atoms. The maximum atomic E-state index is 12.6. The number of fused-ring (bicyclic) bond motifs is 1. The average Bonchev–Trinajstić information content (AvgIpc) is 3.11. The van der Waals surface area contributed by atoms with Crippen LogP contribution in [0, 0.1) is 5.92 Å². The predicted octanol–water partition coefficient (Wildman–Crippen LogP) is 2.59. The molecule has 0 unspecified atom stereocenters. The third kappa shape index (κ3) is 1.77. The molecule has 0 aromatic heterocycles. The topological polar surface area (TPSA) is 46.6 Å². The molecule has 2 amide bonds. The van der Waals surface area contributed by atoms with Crippen LogP contribution in [0.25, 0.3) is 0 Å². The van der Waals surface area contributed by atoms with Gasteiger partial charge in [-0.25, -0.2) is 0 Å². The number of hydroxylamine groups is 2. The Balaban J connectivity index is 1.74. The summed E-state index contributed by atoms with van der Waals surface area (Å²) < 4.78 is 0. The molecule has 5 heteroatoms. The second-order valence-corrected chi connectivity index (χ2v) is 12.1. The van der Waals surface area contributed by atoms with Gasteiger partial charge in [0.1, 0.15) is 6.61 Å². The number of hydrogen-bond acceptors (Lipinski definition) is 3. The van der Waals surface area contributed by atoms with Gasteiger partial charge < -0.3 is 0 Å². The lowest BCUT2D eigenvalue weighted by molar-refractivity contribution is -0.194. The zero-order valence-electron chi connectivity index (χ0n) is 12.1. The molecule has 0 N–H and O–H groups in total. The Labute approximate surface area is 119 Å². The Bertz CT molecular complexity index is 566. The van der Waals surface area contributed by atoms with Gasteiger partial charge in [-0.2, -0.15) is 5.06 Å². The van der Waals surface area contributed by atoms with Crippen LogP contribution in [0.1, 0.15) is 12.0 Å². The van der Waals surface area contributed by atoms with Gasteiger partial charge in [-0.15, -0.1) is 0 Å². The molecule has 2 aliphatic rings. The van der Waals surface area contributed by atoms with Crippen molar-refractivity contribution in [1.82, 2.24) is 5.06 Å². The summed E-state index contributed by atoms with van der Waals surface area (Å²) in [5.41, 5.74) is 0.954. The molecule has 1 aromatic rings. The van der Waals surface area contributed by atoms with Crippen molar-refractivity contribution >= 4 is 19.9 Å². The van der Waals surface area contributed by atoms with E-state index in [4.69, 9.17) is 4.84 Å². The Morgan fingerprint density at radius 3 is 2.45 bits per heavy atom. The molecule has 3 rings (SSSR count). The summed E-state index contributed by atoms with van der Waals surface area (Å²) in [5.74, 6) is -0.381. The molecule has 1 aliphatic carbocycles. The molecule has 2 atom stereocenters. The van der Waals surface area contributed by atoms with E-state index in [1.165, 1.54) is 0 Å². The monoisotopic (exact) mass is 289 g/mol. The number of rotatable bonds is 4. The van der Waals surface area contributed by atoms with Crippen LogP contribution < -0.4 is 0 Å². The summed E-state index contributed by atoms with van der Waals surface area (Å²) in [6.07, 6.45) is 0.728. The summed E-state index contributed by atoms with van der Waals surface area (Å²) >= 11 is 0. The lowest BCUT2D eigenvalue weighted by Gasteiger charge is -2.26. The molecule has 1 aromatic carbocycles. The second kappa shape index (κ2) is 4.26. The third-order valence-electron chi connectivity index (χ3n) is 4.57. The molecule has 1 saturated carbocycles. The number of carbonyl (C=O) groups excluding carboxylic acids is 2. The summed E-state index contributed by atoms with van der Waals surface area (Å²) in [4.78, 5) is 30.3. The number of hydrogen-bond donors (Lipinski definition) is 0. The predicted molar refractivity (Wildman–Crippen MR) is 77.2 cm³/mol. The van der Waals surface area contributed by atoms with Gasteiger partial charge in [-0.3, -0.25) is 14.4 Å². The highest BCUT2D eigenvalue weighted by molar-refractivity contribution is 6.84. The number of amides is 2. The Hall–Kier alpha value is -1.46. The van der Waals surface area contributed by atoms with E-state index in [2.05, 4.69) is 19.6 Å². The minimum atomic E-state index is -1.72. The third-order valence-corrected chi connectivity index (χ3v) is 8.01. The number of carbonyl (C=O) groups is 2. The first-order valence-corrected chi connectivity index (χ1v) is 10.4. The van der Waals surface area contributed by atoms with E-state index in [0.29, 0.717) is 0 Å². The highest BCUT2D eigenvalue weighted by Gasteiger charge is 2.77. The molecule has 2 fully saturated rings. The van der Waals surface area contributed by atoms with Gasteiger partial charge in [-0.05, 0) is 12.0 Å². The van der Waals surface area contributed by atoms with E-state index < -0.39 is 13.1 Å². The summed E-state index contributed by atoms with van der Waals surface area (Å²) in [7, 11) is -1.72. The molecule has 1 heterocycles. The van der Waals surface area contributed by atoms with Crippen LogP contribution in [-0.2, 0) is 21.0 Å². The van der Waals surface area contributed by atoms with Gasteiger partial charge in [0.05, 0.1) is 19.0 Å². The zero-order chi connectivity index (χ0) is 14.5. The minimum absolute atomic E-state index is 0.109. The van der Waals surface area contributed by atoms with Crippen molar-refractivity contribution in [2.24, 2.45) is 5.92 Å². The summed E-state index contributed by atoms with van der Waals surface area (Å²) in [6, 6.07) is 9.58.